The number of benzene rings is 1. The molecule has 0 spiro atoms. The maximum absolute atomic E-state index is 14.4. The van der Waals surface area contributed by atoms with Crippen molar-refractivity contribution in [3.05, 3.63) is 48.6 Å². The molecule has 4 amide bonds. The normalized spacial score (nSPS) is 23.5. The average molecular weight is 725 g/mol. The van der Waals surface area contributed by atoms with Crippen molar-refractivity contribution in [1.82, 2.24) is 20.4 Å². The number of likely N-dealkylation sites (tertiary alicyclic amines) is 1. The Balaban J connectivity index is 1.35. The quantitative estimate of drug-likeness (QED) is 0.121. The molecule has 14 nitrogen and oxygen atoms in total. The molecule has 284 valence electrons. The zero-order chi connectivity index (χ0) is 37.6. The van der Waals surface area contributed by atoms with Gasteiger partial charge in [-0.1, -0.05) is 31.1 Å². The molecule has 0 radical (unpaired) electrons. The number of esters is 1. The zero-order valence-electron chi connectivity index (χ0n) is 30.7. The number of fused-ring (bicyclic) bond motifs is 3. The van der Waals surface area contributed by atoms with Crippen LogP contribution in [0.1, 0.15) is 83.8 Å². The molecule has 1 aromatic rings. The van der Waals surface area contributed by atoms with Gasteiger partial charge in [-0.3, -0.25) is 14.5 Å². The number of amides is 4. The number of nitrogens with one attached hydrogen (secondary N) is 2. The molecule has 2 fully saturated rings. The minimum absolute atomic E-state index is 0.0212. The minimum atomic E-state index is -1.30. The van der Waals surface area contributed by atoms with Crippen molar-refractivity contribution in [3.63, 3.8) is 0 Å². The summed E-state index contributed by atoms with van der Waals surface area (Å²) in [5.41, 5.74) is -0.345. The van der Waals surface area contributed by atoms with Crippen LogP contribution in [0.15, 0.2) is 37.4 Å². The van der Waals surface area contributed by atoms with E-state index in [9.17, 15) is 24.0 Å². The fourth-order valence-corrected chi connectivity index (χ4v) is 7.00. The number of allylic oxidation sites excluding steroid dienone is 1. The van der Waals surface area contributed by atoms with Gasteiger partial charge in [0.05, 0.1) is 19.7 Å². The van der Waals surface area contributed by atoms with E-state index < -0.39 is 59.3 Å². The first-order valence-electron chi connectivity index (χ1n) is 18.2. The van der Waals surface area contributed by atoms with Crippen LogP contribution >= 0.6 is 0 Å². The van der Waals surface area contributed by atoms with Crippen LogP contribution in [0.5, 0.6) is 11.5 Å². The van der Waals surface area contributed by atoms with Crippen molar-refractivity contribution in [2.24, 2.45) is 5.92 Å². The molecular weight excluding hydrogens is 672 g/mol. The fraction of sp³-hybridized carbons (Fsp3) is 0.605. The number of rotatable bonds is 14. The number of alkyl carbamates (subject to hydrolysis) is 1. The van der Waals surface area contributed by atoms with Crippen molar-refractivity contribution >= 4 is 30.0 Å². The lowest BCUT2D eigenvalue weighted by atomic mass is 10.0. The molecule has 3 aliphatic heterocycles. The first-order chi connectivity index (χ1) is 24.8. The van der Waals surface area contributed by atoms with Gasteiger partial charge in [-0.2, -0.15) is 0 Å². The van der Waals surface area contributed by atoms with Gasteiger partial charge in [-0.25, -0.2) is 14.4 Å². The summed E-state index contributed by atoms with van der Waals surface area (Å²) in [6.45, 7) is 15.8. The monoisotopic (exact) mass is 724 g/mol. The van der Waals surface area contributed by atoms with Gasteiger partial charge in [0.15, 0.2) is 11.5 Å². The molecule has 1 aromatic carbocycles. The number of carbonyl (C=O) groups is 5. The summed E-state index contributed by atoms with van der Waals surface area (Å²) in [7, 11) is 0. The molecule has 52 heavy (non-hydrogen) atoms. The van der Waals surface area contributed by atoms with E-state index in [0.717, 1.165) is 30.4 Å². The van der Waals surface area contributed by atoms with E-state index in [1.54, 1.807) is 33.8 Å². The maximum atomic E-state index is 14.4. The topological polar surface area (TPSA) is 162 Å². The Morgan fingerprint density at radius 1 is 1.08 bits per heavy atom. The van der Waals surface area contributed by atoms with E-state index in [-0.39, 0.29) is 38.5 Å². The lowest BCUT2D eigenvalue weighted by Gasteiger charge is -2.30. The number of unbranched alkanes of at least 4 members (excludes halogenated alkanes) is 3. The Bertz CT molecular complexity index is 1560. The maximum Gasteiger partial charge on any atom is 0.410 e. The molecule has 0 unspecified atom stereocenters. The molecule has 1 saturated heterocycles. The summed E-state index contributed by atoms with van der Waals surface area (Å²) in [6.07, 6.45) is 4.86. The average Bonchev–Trinajstić information content (AvgIpc) is 3.40. The van der Waals surface area contributed by atoms with E-state index in [4.69, 9.17) is 23.7 Å². The molecule has 4 aliphatic rings. The predicted octanol–water partition coefficient (Wildman–Crippen LogP) is 4.53. The third kappa shape index (κ3) is 8.82. The van der Waals surface area contributed by atoms with E-state index in [1.165, 1.54) is 9.80 Å². The highest BCUT2D eigenvalue weighted by molar-refractivity contribution is 5.96. The Hall–Kier alpha value is -4.75. The van der Waals surface area contributed by atoms with Crippen molar-refractivity contribution in [3.8, 4) is 11.5 Å². The van der Waals surface area contributed by atoms with Crippen LogP contribution in [0.4, 0.5) is 9.59 Å². The van der Waals surface area contributed by atoms with Crippen LogP contribution in [0.2, 0.25) is 0 Å². The molecule has 2 N–H and O–H groups in total. The van der Waals surface area contributed by atoms with Crippen LogP contribution in [0.25, 0.3) is 0 Å². The molecule has 14 heteroatoms. The predicted molar refractivity (Wildman–Crippen MR) is 189 cm³/mol. The largest absolute Gasteiger partial charge is 0.486 e. The van der Waals surface area contributed by atoms with E-state index in [0.29, 0.717) is 44.1 Å². The number of nitrogens with zero attached hydrogens (tertiary/aromatic N) is 2. The van der Waals surface area contributed by atoms with Crippen molar-refractivity contribution < 1.29 is 47.7 Å². The van der Waals surface area contributed by atoms with Gasteiger partial charge in [-0.05, 0) is 65.0 Å². The Kier molecular flexibility index (Phi) is 12.1. The highest BCUT2D eigenvalue weighted by atomic mass is 16.6. The highest BCUT2D eigenvalue weighted by Gasteiger charge is 2.62. The second-order valence-electron chi connectivity index (χ2n) is 14.7. The third-order valence-electron chi connectivity index (χ3n) is 9.67. The standard InChI is InChI=1S/C38H52N4O10/c1-7-10-11-12-13-14-28(39-35(46)52-37(4,5)6)33(44)42-22-26(19-29(42)32(43)40-38(20-25(38)8-2)34(45)48-9-3)51-36(47)41-21-24-15-16-30-31(27(24)23-41)50-18-17-49-30/h7-8,15-16,25-26,28-29H,1-2,9-14,17-23H2,3-6H3,(H,39,46)(H,40,43)/t25-,26-,28+,29+,38-/m1/s1. The summed E-state index contributed by atoms with van der Waals surface area (Å²) in [5, 5.41) is 5.57. The van der Waals surface area contributed by atoms with Gasteiger partial charge >= 0.3 is 18.2 Å². The Labute approximate surface area is 305 Å². The van der Waals surface area contributed by atoms with Crippen LogP contribution < -0.4 is 20.1 Å². The van der Waals surface area contributed by atoms with Gasteiger partial charge in [0, 0.05) is 24.4 Å². The molecule has 5 atom stereocenters. The lowest BCUT2D eigenvalue weighted by molar-refractivity contribution is -0.150. The molecular formula is C38H52N4O10. The minimum Gasteiger partial charge on any atom is -0.486 e. The summed E-state index contributed by atoms with van der Waals surface area (Å²) in [5.74, 6) is -0.792. The van der Waals surface area contributed by atoms with Crippen molar-refractivity contribution in [1.29, 1.82) is 0 Å². The second kappa shape index (κ2) is 16.3. The first kappa shape index (κ1) is 38.5. The number of carbonyl (C=O) groups excluding carboxylic acids is 5. The first-order valence-corrected chi connectivity index (χ1v) is 18.2. The number of hydrogen-bond acceptors (Lipinski definition) is 10. The lowest BCUT2D eigenvalue weighted by Crippen LogP contribution is -2.56. The molecule has 5 rings (SSSR count). The number of hydrogen-bond donors (Lipinski definition) is 2. The molecule has 0 aromatic heterocycles. The molecule has 1 aliphatic carbocycles. The Morgan fingerprint density at radius 2 is 1.85 bits per heavy atom. The molecule has 1 saturated carbocycles. The van der Waals surface area contributed by atoms with Crippen LogP contribution in [0.3, 0.4) is 0 Å². The zero-order valence-corrected chi connectivity index (χ0v) is 30.7. The van der Waals surface area contributed by atoms with E-state index in [1.807, 2.05) is 18.2 Å². The summed E-state index contributed by atoms with van der Waals surface area (Å²) < 4.78 is 28.3. The smallest absolute Gasteiger partial charge is 0.410 e. The second-order valence-corrected chi connectivity index (χ2v) is 14.7. The molecule has 0 bridgehead atoms. The highest BCUT2D eigenvalue weighted by Crippen LogP contribution is 2.46. The van der Waals surface area contributed by atoms with Gasteiger partial charge in [0.1, 0.15) is 42.5 Å². The van der Waals surface area contributed by atoms with Crippen molar-refractivity contribution in [2.75, 3.05) is 26.4 Å². The van der Waals surface area contributed by atoms with Crippen LogP contribution in [0, 0.1) is 5.92 Å². The van der Waals surface area contributed by atoms with Gasteiger partial charge in [0.25, 0.3) is 0 Å². The summed E-state index contributed by atoms with van der Waals surface area (Å²) in [4.78, 5) is 70.9. The van der Waals surface area contributed by atoms with E-state index >= 15 is 0 Å². The third-order valence-corrected chi connectivity index (χ3v) is 9.67. The Morgan fingerprint density at radius 3 is 2.54 bits per heavy atom. The fourth-order valence-electron chi connectivity index (χ4n) is 7.00. The van der Waals surface area contributed by atoms with Gasteiger partial charge in [-0.15, -0.1) is 13.2 Å². The summed E-state index contributed by atoms with van der Waals surface area (Å²) >= 11 is 0. The van der Waals surface area contributed by atoms with Gasteiger partial charge < -0.3 is 39.2 Å². The van der Waals surface area contributed by atoms with Crippen LogP contribution in [-0.4, -0.2) is 95.5 Å². The van der Waals surface area contributed by atoms with Gasteiger partial charge in [0.2, 0.25) is 11.8 Å². The number of ether oxygens (including phenoxy) is 5. The van der Waals surface area contributed by atoms with Crippen LogP contribution in [-0.2, 0) is 41.7 Å². The van der Waals surface area contributed by atoms with E-state index in [2.05, 4.69) is 23.8 Å². The summed E-state index contributed by atoms with van der Waals surface area (Å²) in [6, 6.07) is 1.59. The SMILES string of the molecule is C=CCCCCC[C@H](NC(=O)OC(C)(C)C)C(=O)N1C[C@H](OC(=O)N2Cc3ccc4c(c3C2)OCCO4)C[C@H]1C(=O)N[C@]1(C(=O)OCC)C[C@H]1C=C. The van der Waals surface area contributed by atoms with Crippen molar-refractivity contribution in [2.45, 2.75) is 115 Å². The molecule has 3 heterocycles.